The minimum Gasteiger partial charge on any atom is -0.385 e. The van der Waals surface area contributed by atoms with Crippen molar-refractivity contribution in [3.8, 4) is 0 Å². The number of benzene rings is 4. The third-order valence-electron chi connectivity index (χ3n) is 10.5. The number of ketones is 5. The van der Waals surface area contributed by atoms with E-state index in [0.29, 0.717) is 37.6 Å². The molecule has 67 heavy (non-hydrogen) atoms. The molecule has 0 spiro atoms. The zero-order valence-electron chi connectivity index (χ0n) is 35.9. The van der Waals surface area contributed by atoms with Crippen LogP contribution in [0.3, 0.4) is 0 Å². The summed E-state index contributed by atoms with van der Waals surface area (Å²) in [5.74, 6) is -8.56. The molecule has 0 aromatic heterocycles. The summed E-state index contributed by atoms with van der Waals surface area (Å²) in [6, 6.07) is 19.7. The van der Waals surface area contributed by atoms with Crippen molar-refractivity contribution in [1.29, 1.82) is 0 Å². The lowest BCUT2D eigenvalue weighted by molar-refractivity contribution is -0.385. The summed E-state index contributed by atoms with van der Waals surface area (Å²) in [6.07, 6.45) is -7.30. The summed E-state index contributed by atoms with van der Waals surface area (Å²) in [5, 5.41) is 21.7. The van der Waals surface area contributed by atoms with Gasteiger partial charge >= 0.3 is 18.1 Å². The number of ether oxygens (including phenoxy) is 5. The SMILES string of the molecule is CC1(C)COC(c2ccc(C(=O)C3C(=O)c4cccc([N+](=O)[O-])c4C3=O)cc2)OC1.CC1(C)COC(c2ccc(C(=O)CC(=O)C(F)(F)F)cc2)OC1.O=C1OC(=O)c2c1cccc2[N+](=O)[O-]. The van der Waals surface area contributed by atoms with E-state index in [1.165, 1.54) is 48.5 Å². The maximum atomic E-state index is 12.9. The molecule has 18 nitrogen and oxygen atoms in total. The molecule has 4 aliphatic rings. The second-order valence-corrected chi connectivity index (χ2v) is 17.1. The van der Waals surface area contributed by atoms with Crippen LogP contribution in [-0.4, -0.2) is 83.3 Å². The number of nitro groups is 2. The first-order valence-electron chi connectivity index (χ1n) is 20.1. The van der Waals surface area contributed by atoms with E-state index in [2.05, 4.69) is 4.74 Å². The van der Waals surface area contributed by atoms with Gasteiger partial charge in [-0.2, -0.15) is 13.2 Å². The van der Waals surface area contributed by atoms with Crippen LogP contribution in [0.15, 0.2) is 84.9 Å². The fraction of sp³-hybridized carbons (Fsp3) is 0.326. The predicted octanol–water partition coefficient (Wildman–Crippen LogP) is 7.91. The number of fused-ring (bicyclic) bond motifs is 2. The Morgan fingerprint density at radius 3 is 1.49 bits per heavy atom. The van der Waals surface area contributed by atoms with E-state index in [1.54, 1.807) is 24.3 Å². The van der Waals surface area contributed by atoms with Crippen molar-refractivity contribution in [3.05, 3.63) is 150 Å². The quantitative estimate of drug-likeness (QED) is 0.0508. The van der Waals surface area contributed by atoms with Gasteiger partial charge < -0.3 is 23.7 Å². The van der Waals surface area contributed by atoms with E-state index >= 15 is 0 Å². The number of Topliss-reactive ketones (excluding diaryl/α,β-unsaturated/α-hetero) is 5. The Morgan fingerprint density at radius 2 is 1.04 bits per heavy atom. The summed E-state index contributed by atoms with van der Waals surface area (Å²) >= 11 is 0. The van der Waals surface area contributed by atoms with Crippen molar-refractivity contribution in [2.45, 2.75) is 52.9 Å². The molecule has 1 aliphatic carbocycles. The number of cyclic esters (lactones) is 2. The van der Waals surface area contributed by atoms with Crippen LogP contribution in [0.4, 0.5) is 24.5 Å². The van der Waals surface area contributed by atoms with Crippen molar-refractivity contribution >= 4 is 52.2 Å². The lowest BCUT2D eigenvalue weighted by atomic mass is 9.92. The average molecular weight is 933 g/mol. The van der Waals surface area contributed by atoms with Gasteiger partial charge in [0.05, 0.1) is 48.3 Å². The smallest absolute Gasteiger partial charge is 0.385 e. The molecule has 3 heterocycles. The largest absolute Gasteiger partial charge is 0.450 e. The predicted molar refractivity (Wildman–Crippen MR) is 222 cm³/mol. The molecule has 1 atom stereocenters. The molecular weight excluding hydrogens is 893 g/mol. The number of rotatable bonds is 9. The number of alkyl halides is 3. The van der Waals surface area contributed by atoms with Crippen molar-refractivity contribution < 1.29 is 80.3 Å². The second-order valence-electron chi connectivity index (χ2n) is 17.1. The van der Waals surface area contributed by atoms with Crippen molar-refractivity contribution in [2.24, 2.45) is 16.7 Å². The zero-order valence-corrected chi connectivity index (χ0v) is 35.9. The van der Waals surface area contributed by atoms with Crippen LogP contribution < -0.4 is 0 Å². The van der Waals surface area contributed by atoms with E-state index < -0.39 is 93.2 Å². The molecule has 4 aromatic rings. The molecule has 0 N–H and O–H groups in total. The topological polar surface area (TPSA) is 252 Å². The van der Waals surface area contributed by atoms with Crippen molar-refractivity contribution in [1.82, 2.24) is 0 Å². The highest BCUT2D eigenvalue weighted by Gasteiger charge is 2.47. The first kappa shape index (κ1) is 49.2. The highest BCUT2D eigenvalue weighted by Crippen LogP contribution is 2.37. The second kappa shape index (κ2) is 19.3. The maximum Gasteiger partial charge on any atom is 0.450 e. The van der Waals surface area contributed by atoms with Crippen LogP contribution in [0.2, 0.25) is 0 Å². The van der Waals surface area contributed by atoms with E-state index in [4.69, 9.17) is 18.9 Å². The van der Waals surface area contributed by atoms with Gasteiger partial charge in [-0.3, -0.25) is 44.2 Å². The van der Waals surface area contributed by atoms with Crippen LogP contribution in [0.1, 0.15) is 120 Å². The Balaban J connectivity index is 0.000000177. The Kier molecular flexibility index (Phi) is 14.2. The minimum absolute atomic E-state index is 0.0440. The summed E-state index contributed by atoms with van der Waals surface area (Å²) in [6.45, 7) is 10.1. The number of carbonyl (C=O) groups excluding carboxylic acids is 7. The number of nitrogens with zero attached hydrogens (tertiary/aromatic N) is 2. The summed E-state index contributed by atoms with van der Waals surface area (Å²) < 4.78 is 63.3. The number of carbonyl (C=O) groups is 7. The summed E-state index contributed by atoms with van der Waals surface area (Å²) in [4.78, 5) is 103. The first-order chi connectivity index (χ1) is 31.4. The fourth-order valence-corrected chi connectivity index (χ4v) is 7.00. The minimum atomic E-state index is -4.99. The number of hydrogen-bond donors (Lipinski definition) is 0. The molecule has 21 heteroatoms. The van der Waals surface area contributed by atoms with Gasteiger partial charge in [0.2, 0.25) is 5.78 Å². The zero-order chi connectivity index (χ0) is 49.2. The number of hydrogen-bond acceptors (Lipinski definition) is 16. The van der Waals surface area contributed by atoms with Crippen LogP contribution in [0.25, 0.3) is 0 Å². The number of nitro benzene ring substituents is 2. The maximum absolute atomic E-state index is 12.9. The molecule has 8 rings (SSSR count). The molecule has 4 aromatic carbocycles. The molecule has 0 saturated carbocycles. The highest BCUT2D eigenvalue weighted by atomic mass is 19.4. The van der Waals surface area contributed by atoms with Crippen molar-refractivity contribution in [3.63, 3.8) is 0 Å². The van der Waals surface area contributed by atoms with E-state index in [-0.39, 0.29) is 44.2 Å². The molecule has 3 aliphatic heterocycles. The van der Waals surface area contributed by atoms with Gasteiger partial charge in [-0.25, -0.2) is 9.59 Å². The molecular formula is C46H39F3N2O16. The van der Waals surface area contributed by atoms with Gasteiger partial charge in [0.1, 0.15) is 11.5 Å². The monoisotopic (exact) mass is 932 g/mol. The van der Waals surface area contributed by atoms with E-state index in [1.807, 2.05) is 27.7 Å². The Labute approximate surface area is 377 Å². The first-order valence-corrected chi connectivity index (χ1v) is 20.1. The average Bonchev–Trinajstić information content (AvgIpc) is 3.72. The normalized spacial score (nSPS) is 18.6. The fourth-order valence-electron chi connectivity index (χ4n) is 7.00. The molecule has 0 bridgehead atoms. The molecule has 0 radical (unpaired) electrons. The van der Waals surface area contributed by atoms with Gasteiger partial charge in [-0.1, -0.05) is 94.4 Å². The molecule has 1 unspecified atom stereocenters. The lowest BCUT2D eigenvalue weighted by Gasteiger charge is -2.34. The van der Waals surface area contributed by atoms with Gasteiger partial charge in [0.15, 0.2) is 41.3 Å². The van der Waals surface area contributed by atoms with Gasteiger partial charge in [-0.05, 0) is 6.07 Å². The van der Waals surface area contributed by atoms with Crippen LogP contribution in [0, 0.1) is 37.0 Å². The number of halogens is 3. The van der Waals surface area contributed by atoms with Gasteiger partial charge in [-0.15, -0.1) is 0 Å². The Bertz CT molecular complexity index is 2670. The van der Waals surface area contributed by atoms with Crippen LogP contribution in [0.5, 0.6) is 0 Å². The Morgan fingerprint density at radius 1 is 0.612 bits per heavy atom. The van der Waals surface area contributed by atoms with Gasteiger partial charge in [0, 0.05) is 50.8 Å². The number of esters is 2. The Hall–Kier alpha value is -7.20. The third-order valence-corrected chi connectivity index (χ3v) is 10.5. The van der Waals surface area contributed by atoms with Crippen molar-refractivity contribution in [2.75, 3.05) is 26.4 Å². The molecule has 0 amide bonds. The van der Waals surface area contributed by atoms with Gasteiger partial charge in [0.25, 0.3) is 11.4 Å². The molecule has 2 saturated heterocycles. The third kappa shape index (κ3) is 11.1. The summed E-state index contributed by atoms with van der Waals surface area (Å²) in [5.41, 5.74) is -0.137. The highest BCUT2D eigenvalue weighted by molar-refractivity contribution is 6.38. The molecule has 2 fully saturated rings. The van der Waals surface area contributed by atoms with E-state index in [0.717, 1.165) is 12.1 Å². The van der Waals surface area contributed by atoms with Crippen LogP contribution in [-0.2, 0) is 28.5 Å². The van der Waals surface area contributed by atoms with Crippen LogP contribution >= 0.6 is 0 Å². The standard InChI is InChI=1S/C22H19NO7.C16H17F3O4.C8H3NO5/c1-22(2)10-29-21(30-11-22)13-8-6-12(7-9-13)18(24)17-19(25)14-4-3-5-15(23(27)28)16(14)20(17)26;1-15(2)8-22-14(23-9-15)11-5-3-10(4-6-11)12(20)7-13(21)16(17,18)19;10-7-4-2-1-3-5(9(12)13)6(4)8(11)14-7/h3-9,17,21H,10-11H2,1-2H3;3-6,14H,7-9H2,1-2H3;1-3H. The molecule has 350 valence electrons. The lowest BCUT2D eigenvalue weighted by Crippen LogP contribution is -2.33. The van der Waals surface area contributed by atoms with E-state index in [9.17, 15) is 67.0 Å². The summed E-state index contributed by atoms with van der Waals surface area (Å²) in [7, 11) is 0.